The van der Waals surface area contributed by atoms with Crippen LogP contribution in [-0.4, -0.2) is 112 Å². The van der Waals surface area contributed by atoms with E-state index >= 15 is 0 Å². The predicted molar refractivity (Wildman–Crippen MR) is 151 cm³/mol. The quantitative estimate of drug-likeness (QED) is 0.427. The highest BCUT2D eigenvalue weighted by atomic mass is 19.3. The van der Waals surface area contributed by atoms with Crippen LogP contribution in [0.5, 0.6) is 5.88 Å². The number of imidazole rings is 1. The lowest BCUT2D eigenvalue weighted by Gasteiger charge is -2.37. The van der Waals surface area contributed by atoms with Crippen LogP contribution in [0.2, 0.25) is 0 Å². The van der Waals surface area contributed by atoms with Crippen molar-refractivity contribution in [3.8, 4) is 11.7 Å². The van der Waals surface area contributed by atoms with E-state index in [-0.39, 0.29) is 36.2 Å². The number of hydrogen-bond donors (Lipinski definition) is 1. The Bertz CT molecular complexity index is 1370. The number of piperazine rings is 1. The summed E-state index contributed by atoms with van der Waals surface area (Å²) in [6.07, 6.45) is -0.113. The van der Waals surface area contributed by atoms with Crippen LogP contribution in [0.1, 0.15) is 37.9 Å². The molecule has 0 unspecified atom stereocenters. The van der Waals surface area contributed by atoms with Gasteiger partial charge in [-0.3, -0.25) is 14.3 Å². The first-order valence-corrected chi connectivity index (χ1v) is 14.8. The lowest BCUT2D eigenvalue weighted by molar-refractivity contribution is -0.138. The third-order valence-electron chi connectivity index (χ3n) is 8.39. The molecular formula is C29H37F2N7O4. The number of carbonyl (C=O) groups is 1. The number of para-hydroxylation sites is 2. The van der Waals surface area contributed by atoms with Crippen molar-refractivity contribution in [1.29, 1.82) is 0 Å². The lowest BCUT2D eigenvalue weighted by Crippen LogP contribution is -2.51. The van der Waals surface area contributed by atoms with Crippen LogP contribution in [0, 0.1) is 5.92 Å². The molecule has 1 aliphatic carbocycles. The summed E-state index contributed by atoms with van der Waals surface area (Å²) in [5.41, 5.74) is 0.987. The molecule has 0 spiro atoms. The van der Waals surface area contributed by atoms with E-state index in [2.05, 4.69) is 14.9 Å². The summed E-state index contributed by atoms with van der Waals surface area (Å²) in [6, 6.07) is 8.60. The molecule has 2 aromatic heterocycles. The van der Waals surface area contributed by atoms with E-state index in [1.807, 2.05) is 9.80 Å². The van der Waals surface area contributed by atoms with Gasteiger partial charge in [-0.15, -0.1) is 0 Å². The predicted octanol–water partition coefficient (Wildman–Crippen LogP) is 2.66. The van der Waals surface area contributed by atoms with E-state index in [0.717, 1.165) is 25.9 Å². The zero-order chi connectivity index (χ0) is 29.1. The van der Waals surface area contributed by atoms with E-state index in [9.17, 15) is 13.6 Å². The first-order valence-electron chi connectivity index (χ1n) is 14.8. The van der Waals surface area contributed by atoms with Crippen molar-refractivity contribution in [3.05, 3.63) is 36.2 Å². The zero-order valence-electron chi connectivity index (χ0n) is 23.6. The third-order valence-corrected chi connectivity index (χ3v) is 8.39. The van der Waals surface area contributed by atoms with Crippen LogP contribution in [0.3, 0.4) is 0 Å². The fraction of sp³-hybridized carbons (Fsp3) is 0.586. The molecule has 1 aromatic carbocycles. The monoisotopic (exact) mass is 585 g/mol. The molecule has 1 N–H and O–H groups in total. The topological polar surface area (TPSA) is 109 Å². The van der Waals surface area contributed by atoms with E-state index < -0.39 is 6.43 Å². The van der Waals surface area contributed by atoms with Gasteiger partial charge in [0.25, 0.3) is 6.43 Å². The van der Waals surface area contributed by atoms with Crippen molar-refractivity contribution in [3.63, 3.8) is 0 Å². The molecular weight excluding hydrogens is 548 g/mol. The van der Waals surface area contributed by atoms with Gasteiger partial charge in [0, 0.05) is 57.8 Å². The number of morpholine rings is 1. The summed E-state index contributed by atoms with van der Waals surface area (Å²) < 4.78 is 41.5. The number of rotatable bonds is 8. The number of halogens is 2. The third kappa shape index (κ3) is 6.18. The number of nitrogens with zero attached hydrogens (tertiary/aromatic N) is 7. The van der Waals surface area contributed by atoms with Crippen LogP contribution < -0.4 is 9.64 Å². The molecule has 0 atom stereocenters. The van der Waals surface area contributed by atoms with Gasteiger partial charge in [-0.2, -0.15) is 9.97 Å². The molecule has 1 amide bonds. The Morgan fingerprint density at radius 1 is 1.00 bits per heavy atom. The number of anilines is 1. The fourth-order valence-electron chi connectivity index (χ4n) is 6.10. The Morgan fingerprint density at radius 2 is 1.74 bits per heavy atom. The number of benzene rings is 1. The lowest BCUT2D eigenvalue weighted by atomic mass is 9.86. The van der Waals surface area contributed by atoms with Crippen LogP contribution >= 0.6 is 0 Å². The number of hydrogen-bond acceptors (Lipinski definition) is 9. The summed E-state index contributed by atoms with van der Waals surface area (Å²) in [6.45, 7) is 5.92. The standard InChI is InChI=1S/C29H37F2N7O4/c30-26(31)27-32-22-3-1-2-4-23(22)38(27)24-19-25(34-29(33-24)37-14-17-41-18-15-37)42-21-7-5-20(6-8-21)28(40)36-11-9-35(10-12-36)13-16-39/h1-4,19-21,26,39H,5-18H2. The number of alkyl halides is 2. The molecule has 3 aliphatic rings. The van der Waals surface area contributed by atoms with Gasteiger partial charge >= 0.3 is 0 Å². The van der Waals surface area contributed by atoms with Crippen LogP contribution in [0.4, 0.5) is 14.7 Å². The highest BCUT2D eigenvalue weighted by molar-refractivity contribution is 5.79. The normalized spacial score (nSPS) is 22.2. The summed E-state index contributed by atoms with van der Waals surface area (Å²) in [5.74, 6) is 0.759. The number of β-amino-alcohol motifs (C(OH)–C–C–N with tert-alkyl or cyclic N) is 1. The average molecular weight is 586 g/mol. The molecule has 0 radical (unpaired) electrons. The summed E-state index contributed by atoms with van der Waals surface area (Å²) in [7, 11) is 0. The Morgan fingerprint density at radius 3 is 2.45 bits per heavy atom. The van der Waals surface area contributed by atoms with Gasteiger partial charge in [-0.25, -0.2) is 13.8 Å². The van der Waals surface area contributed by atoms with Gasteiger partial charge in [-0.05, 0) is 37.8 Å². The van der Waals surface area contributed by atoms with E-state index in [0.29, 0.717) is 81.6 Å². The molecule has 2 saturated heterocycles. The molecule has 4 heterocycles. The fourth-order valence-corrected chi connectivity index (χ4v) is 6.10. The molecule has 226 valence electrons. The number of aliphatic hydroxyl groups is 1. The molecule has 2 aliphatic heterocycles. The second-order valence-electron chi connectivity index (χ2n) is 11.0. The highest BCUT2D eigenvalue weighted by Gasteiger charge is 2.32. The number of amides is 1. The number of ether oxygens (including phenoxy) is 2. The summed E-state index contributed by atoms with van der Waals surface area (Å²) >= 11 is 0. The second kappa shape index (κ2) is 12.8. The number of aliphatic hydroxyl groups excluding tert-OH is 1. The minimum atomic E-state index is -2.80. The van der Waals surface area contributed by atoms with Crippen molar-refractivity contribution in [1.82, 2.24) is 29.3 Å². The van der Waals surface area contributed by atoms with Gasteiger partial charge in [0.1, 0.15) is 11.9 Å². The van der Waals surface area contributed by atoms with Crippen molar-refractivity contribution >= 4 is 22.9 Å². The molecule has 1 saturated carbocycles. The largest absolute Gasteiger partial charge is 0.474 e. The van der Waals surface area contributed by atoms with E-state index in [1.165, 1.54) is 4.57 Å². The maximum Gasteiger partial charge on any atom is 0.296 e. The van der Waals surface area contributed by atoms with Crippen molar-refractivity contribution < 1.29 is 28.2 Å². The van der Waals surface area contributed by atoms with Crippen molar-refractivity contribution in [2.24, 2.45) is 5.92 Å². The molecule has 42 heavy (non-hydrogen) atoms. The zero-order valence-corrected chi connectivity index (χ0v) is 23.6. The van der Waals surface area contributed by atoms with Gasteiger partial charge in [0.2, 0.25) is 17.7 Å². The second-order valence-corrected chi connectivity index (χ2v) is 11.0. The Labute approximate surface area is 243 Å². The van der Waals surface area contributed by atoms with Gasteiger partial charge in [0.05, 0.1) is 30.9 Å². The molecule has 6 rings (SSSR count). The van der Waals surface area contributed by atoms with Gasteiger partial charge in [0.15, 0.2) is 5.82 Å². The SMILES string of the molecule is O=C(C1CCC(Oc2cc(-n3c(C(F)F)nc4ccccc43)nc(N3CCOCC3)n2)CC1)N1CCN(CCO)CC1. The number of aromatic nitrogens is 4. The summed E-state index contributed by atoms with van der Waals surface area (Å²) in [5, 5.41) is 9.17. The Kier molecular flexibility index (Phi) is 8.77. The van der Waals surface area contributed by atoms with E-state index in [1.54, 1.807) is 30.3 Å². The Hall–Kier alpha value is -3.42. The number of fused-ring (bicyclic) bond motifs is 1. The van der Waals surface area contributed by atoms with Crippen LogP contribution in [-0.2, 0) is 9.53 Å². The van der Waals surface area contributed by atoms with Crippen LogP contribution in [0.25, 0.3) is 16.9 Å². The minimum Gasteiger partial charge on any atom is -0.474 e. The maximum absolute atomic E-state index is 14.1. The van der Waals surface area contributed by atoms with E-state index in [4.69, 9.17) is 19.6 Å². The van der Waals surface area contributed by atoms with Gasteiger partial charge in [-0.1, -0.05) is 12.1 Å². The highest BCUT2D eigenvalue weighted by Crippen LogP contribution is 2.32. The van der Waals surface area contributed by atoms with Gasteiger partial charge < -0.3 is 24.4 Å². The maximum atomic E-state index is 14.1. The minimum absolute atomic E-state index is 0.0370. The number of carbonyl (C=O) groups excluding carboxylic acids is 1. The summed E-state index contributed by atoms with van der Waals surface area (Å²) in [4.78, 5) is 32.8. The molecule has 3 aromatic rings. The molecule has 0 bridgehead atoms. The first-order chi connectivity index (χ1) is 20.5. The molecule has 13 heteroatoms. The molecule has 3 fully saturated rings. The first kappa shape index (κ1) is 28.7. The van der Waals surface area contributed by atoms with Crippen molar-refractivity contribution in [2.75, 3.05) is 70.5 Å². The van der Waals surface area contributed by atoms with Crippen molar-refractivity contribution in [2.45, 2.75) is 38.2 Å². The molecule has 11 nitrogen and oxygen atoms in total. The van der Waals surface area contributed by atoms with Crippen LogP contribution in [0.15, 0.2) is 30.3 Å². The smallest absolute Gasteiger partial charge is 0.296 e. The average Bonchev–Trinajstić information content (AvgIpc) is 3.42. The Balaban J connectivity index is 1.19.